The summed E-state index contributed by atoms with van der Waals surface area (Å²) in [6.45, 7) is 0.586. The normalized spacial score (nSPS) is 20.1. The first-order valence-corrected chi connectivity index (χ1v) is 11.6. The molecule has 6 nitrogen and oxygen atoms in total. The van der Waals surface area contributed by atoms with Gasteiger partial charge in [0.15, 0.2) is 0 Å². The summed E-state index contributed by atoms with van der Waals surface area (Å²) in [4.78, 5) is 14.1. The quantitative estimate of drug-likeness (QED) is 0.698. The molecule has 2 aromatic rings. The van der Waals surface area contributed by atoms with Gasteiger partial charge in [-0.25, -0.2) is 4.58 Å². The molecule has 0 saturated heterocycles. The number of aromatic hydroxyl groups is 1. The van der Waals surface area contributed by atoms with Gasteiger partial charge in [0.2, 0.25) is 5.71 Å². The fraction of sp³-hybridized carbons (Fsp3) is 0.241. The van der Waals surface area contributed by atoms with Crippen molar-refractivity contribution in [3.05, 3.63) is 99.9 Å². The van der Waals surface area contributed by atoms with E-state index in [1.165, 1.54) is 0 Å². The number of allylic oxidation sites excluding steroid dienone is 3. The van der Waals surface area contributed by atoms with Gasteiger partial charge in [0.25, 0.3) is 0 Å². The van der Waals surface area contributed by atoms with E-state index in [0.717, 1.165) is 33.5 Å². The number of carboxylic acids is 1. The Bertz CT molecular complexity index is 1390. The molecule has 0 saturated carbocycles. The number of phenols is 1. The third-order valence-corrected chi connectivity index (χ3v) is 6.74. The fourth-order valence-corrected chi connectivity index (χ4v) is 5.12. The molecule has 3 aliphatic rings. The first-order chi connectivity index (χ1) is 16.8. The second-order valence-electron chi connectivity index (χ2n) is 9.55. The number of hydrogen-bond donors (Lipinski definition) is 1. The van der Waals surface area contributed by atoms with Gasteiger partial charge in [-0.15, -0.1) is 0 Å². The number of phenolic OH excluding ortho intramolecular Hbond substituents is 1. The van der Waals surface area contributed by atoms with Gasteiger partial charge < -0.3 is 24.6 Å². The van der Waals surface area contributed by atoms with Gasteiger partial charge >= 0.3 is 0 Å². The molecule has 35 heavy (non-hydrogen) atoms. The van der Waals surface area contributed by atoms with Gasteiger partial charge in [0.05, 0.1) is 12.0 Å². The maximum absolute atomic E-state index is 12.1. The van der Waals surface area contributed by atoms with Crippen LogP contribution >= 0.6 is 0 Å². The number of hydrogen-bond acceptors (Lipinski definition) is 5. The highest BCUT2D eigenvalue weighted by Gasteiger charge is 2.40. The van der Waals surface area contributed by atoms with Crippen molar-refractivity contribution >= 4 is 23.3 Å². The van der Waals surface area contributed by atoms with Crippen LogP contribution in [0.5, 0.6) is 5.75 Å². The van der Waals surface area contributed by atoms with Crippen LogP contribution in [-0.2, 0) is 11.3 Å². The molecular formula is C29H28N2O4. The van der Waals surface area contributed by atoms with E-state index in [4.69, 9.17) is 4.74 Å². The van der Waals surface area contributed by atoms with Crippen LogP contribution in [0.4, 0.5) is 0 Å². The van der Waals surface area contributed by atoms with E-state index >= 15 is 0 Å². The molecule has 0 bridgehead atoms. The Balaban J connectivity index is 1.76. The minimum Gasteiger partial charge on any atom is -0.545 e. The molecule has 2 unspecified atom stereocenters. The Morgan fingerprint density at radius 1 is 1.11 bits per heavy atom. The van der Waals surface area contributed by atoms with E-state index in [-0.39, 0.29) is 23.3 Å². The molecule has 2 aromatic carbocycles. The number of ether oxygens (including phenoxy) is 1. The maximum atomic E-state index is 12.1. The lowest BCUT2D eigenvalue weighted by Gasteiger charge is -2.40. The summed E-state index contributed by atoms with van der Waals surface area (Å²) in [6, 6.07) is 10.6. The zero-order chi connectivity index (χ0) is 24.9. The Morgan fingerprint density at radius 3 is 2.60 bits per heavy atom. The van der Waals surface area contributed by atoms with Crippen LogP contribution < -0.4 is 5.11 Å². The van der Waals surface area contributed by atoms with E-state index in [1.807, 2.05) is 80.2 Å². The van der Waals surface area contributed by atoms with E-state index < -0.39 is 5.97 Å². The number of benzene rings is 2. The van der Waals surface area contributed by atoms with Crippen molar-refractivity contribution in [1.29, 1.82) is 0 Å². The Hall–Kier alpha value is -3.90. The molecule has 0 radical (unpaired) electrons. The third-order valence-electron chi connectivity index (χ3n) is 6.74. The molecule has 2 aliphatic carbocycles. The first kappa shape index (κ1) is 22.9. The largest absolute Gasteiger partial charge is 0.545 e. The summed E-state index contributed by atoms with van der Waals surface area (Å²) in [7, 11) is 7.87. The molecule has 1 aliphatic heterocycles. The van der Waals surface area contributed by atoms with Crippen LogP contribution in [0.3, 0.4) is 0 Å². The zero-order valence-corrected chi connectivity index (χ0v) is 20.3. The van der Waals surface area contributed by atoms with Crippen LogP contribution in [0.1, 0.15) is 38.7 Å². The predicted molar refractivity (Wildman–Crippen MR) is 134 cm³/mol. The molecular weight excluding hydrogens is 440 g/mol. The van der Waals surface area contributed by atoms with Crippen molar-refractivity contribution in [1.82, 2.24) is 4.90 Å². The average Bonchev–Trinajstić information content (AvgIpc) is 2.83. The van der Waals surface area contributed by atoms with Crippen LogP contribution in [0.25, 0.3) is 11.6 Å². The highest BCUT2D eigenvalue weighted by molar-refractivity contribution is 6.05. The predicted octanol–water partition coefficient (Wildman–Crippen LogP) is 3.15. The van der Waals surface area contributed by atoms with E-state index in [0.29, 0.717) is 17.9 Å². The molecule has 5 rings (SSSR count). The van der Waals surface area contributed by atoms with Gasteiger partial charge in [-0.1, -0.05) is 42.5 Å². The van der Waals surface area contributed by atoms with Crippen molar-refractivity contribution < 1.29 is 24.3 Å². The smallest absolute Gasteiger partial charge is 0.203 e. The minimum atomic E-state index is -1.21. The van der Waals surface area contributed by atoms with Crippen LogP contribution in [0.2, 0.25) is 0 Å². The summed E-state index contributed by atoms with van der Waals surface area (Å²) >= 11 is 0. The lowest BCUT2D eigenvalue weighted by Crippen LogP contribution is -2.30. The van der Waals surface area contributed by atoms with Gasteiger partial charge in [-0.3, -0.25) is 0 Å². The molecule has 0 aromatic heterocycles. The zero-order valence-electron chi connectivity index (χ0n) is 20.3. The number of rotatable bonds is 4. The monoisotopic (exact) mass is 468 g/mol. The minimum absolute atomic E-state index is 0.156. The second-order valence-corrected chi connectivity index (χ2v) is 9.55. The number of carbonyl (C=O) groups is 1. The SMILES string of the molecule is CN(C)Cc1c(O)ccc2c1C=CC1C(c3ccccc3C(=O)[O-])=C3C=CC(=[N+](C)C)C=C3OC21. The average molecular weight is 469 g/mol. The summed E-state index contributed by atoms with van der Waals surface area (Å²) in [5.74, 6) is -0.472. The maximum Gasteiger partial charge on any atom is 0.203 e. The van der Waals surface area contributed by atoms with Crippen molar-refractivity contribution in [2.75, 3.05) is 28.2 Å². The highest BCUT2D eigenvalue weighted by Crippen LogP contribution is 2.52. The first-order valence-electron chi connectivity index (χ1n) is 11.6. The number of carbonyl (C=O) groups excluding carboxylic acids is 1. The van der Waals surface area contributed by atoms with Crippen molar-refractivity contribution in [2.45, 2.75) is 12.6 Å². The van der Waals surface area contributed by atoms with Crippen LogP contribution in [0.15, 0.2) is 72.0 Å². The summed E-state index contributed by atoms with van der Waals surface area (Å²) in [6.07, 6.45) is 9.73. The third kappa shape index (κ3) is 3.90. The van der Waals surface area contributed by atoms with E-state index in [1.54, 1.807) is 18.2 Å². The fourth-order valence-electron chi connectivity index (χ4n) is 5.12. The molecule has 0 spiro atoms. The summed E-state index contributed by atoms with van der Waals surface area (Å²) < 4.78 is 8.65. The van der Waals surface area contributed by atoms with Gasteiger partial charge in [-0.2, -0.15) is 0 Å². The molecule has 1 heterocycles. The molecule has 0 fully saturated rings. The standard InChI is InChI=1S/C29H28N2O4/c1-30(2)16-24-18-11-12-23-27(19-7-5-6-8-21(19)29(33)34)22-10-9-17(31(3)4)15-26(22)35-28(23)20(18)13-14-25(24)32/h5-15,23,28H,16H2,1-4H3,(H-,32,33,34). The van der Waals surface area contributed by atoms with Crippen molar-refractivity contribution in [3.63, 3.8) is 0 Å². The van der Waals surface area contributed by atoms with Crippen LogP contribution in [-0.4, -0.2) is 54.5 Å². The molecule has 1 N–H and O–H groups in total. The molecule has 6 heteroatoms. The van der Waals surface area contributed by atoms with E-state index in [2.05, 4.69) is 6.08 Å². The van der Waals surface area contributed by atoms with Crippen LogP contribution in [0, 0.1) is 5.92 Å². The van der Waals surface area contributed by atoms with Gasteiger partial charge in [-0.05, 0) is 42.9 Å². The van der Waals surface area contributed by atoms with Gasteiger partial charge in [0, 0.05) is 40.8 Å². The Labute approximate surface area is 205 Å². The van der Waals surface area contributed by atoms with Crippen molar-refractivity contribution in [3.8, 4) is 5.75 Å². The number of fused-ring (bicyclic) bond motifs is 4. The Morgan fingerprint density at radius 2 is 1.89 bits per heavy atom. The summed E-state index contributed by atoms with van der Waals surface area (Å²) in [5.41, 5.74) is 6.29. The molecule has 178 valence electrons. The highest BCUT2D eigenvalue weighted by atomic mass is 16.5. The lowest BCUT2D eigenvalue weighted by atomic mass is 9.73. The van der Waals surface area contributed by atoms with Gasteiger partial charge in [0.1, 0.15) is 31.7 Å². The molecule has 2 atom stereocenters. The number of aromatic carboxylic acids is 1. The Kier molecular flexibility index (Phi) is 5.69. The van der Waals surface area contributed by atoms with E-state index in [9.17, 15) is 15.0 Å². The molecule has 0 amide bonds. The second kappa shape index (κ2) is 8.71. The van der Waals surface area contributed by atoms with Crippen molar-refractivity contribution in [2.24, 2.45) is 5.92 Å². The lowest BCUT2D eigenvalue weighted by molar-refractivity contribution is -0.462. The number of carboxylic acid groups (broad SMARTS) is 1. The summed E-state index contributed by atoms with van der Waals surface area (Å²) in [5, 5.41) is 22.7. The number of nitrogens with zero attached hydrogens (tertiary/aromatic N) is 2. The topological polar surface area (TPSA) is 75.8 Å².